The molecule has 0 radical (unpaired) electrons. The highest BCUT2D eigenvalue weighted by molar-refractivity contribution is 5.74. The number of aromatic nitrogens is 2. The van der Waals surface area contributed by atoms with Gasteiger partial charge < -0.3 is 10.2 Å². The van der Waals surface area contributed by atoms with Crippen molar-refractivity contribution in [1.29, 1.82) is 0 Å². The third-order valence-electron chi connectivity index (χ3n) is 2.31. The summed E-state index contributed by atoms with van der Waals surface area (Å²) in [5.74, 6) is 0. The molecule has 1 aromatic heterocycles. The fraction of sp³-hybridized carbons (Fsp3) is 0.417. The van der Waals surface area contributed by atoms with Crippen molar-refractivity contribution in [2.75, 3.05) is 13.2 Å². The molecular weight excluding hydrogens is 202 g/mol. The molecule has 0 aliphatic carbocycles. The van der Waals surface area contributed by atoms with Gasteiger partial charge in [0.15, 0.2) is 0 Å². The molecule has 1 aromatic carbocycles. The zero-order chi connectivity index (χ0) is 11.4. The molecule has 0 bridgehead atoms. The van der Waals surface area contributed by atoms with Crippen molar-refractivity contribution in [3.8, 4) is 0 Å². The number of benzene rings is 1. The molecule has 4 heteroatoms. The van der Waals surface area contributed by atoms with Gasteiger partial charge in [-0.15, -0.1) is 0 Å². The van der Waals surface area contributed by atoms with Crippen LogP contribution in [-0.2, 0) is 0 Å². The van der Waals surface area contributed by atoms with Gasteiger partial charge in [-0.1, -0.05) is 26.0 Å². The Kier molecular flexibility index (Phi) is 3.41. The number of para-hydroxylation sites is 2. The van der Waals surface area contributed by atoms with E-state index in [9.17, 15) is 0 Å². The molecule has 0 amide bonds. The van der Waals surface area contributed by atoms with Crippen LogP contribution in [0.5, 0.6) is 0 Å². The molecule has 1 heterocycles. The predicted octanol–water partition coefficient (Wildman–Crippen LogP) is 1.46. The number of nitrogens with zero attached hydrogens (tertiary/aromatic N) is 2. The Morgan fingerprint density at radius 2 is 2.19 bits per heavy atom. The van der Waals surface area contributed by atoms with Gasteiger partial charge in [0.1, 0.15) is 18.5 Å². The molecule has 0 unspecified atom stereocenters. The molecule has 16 heavy (non-hydrogen) atoms. The molecule has 0 saturated heterocycles. The lowest BCUT2D eigenvalue weighted by Gasteiger charge is -2.10. The van der Waals surface area contributed by atoms with Crippen LogP contribution < -0.4 is 10.2 Å². The Labute approximate surface area is 95.2 Å². The molecule has 0 aliphatic heterocycles. The Morgan fingerprint density at radius 3 is 3.00 bits per heavy atom. The normalized spacial score (nSPS) is 11.2. The summed E-state index contributed by atoms with van der Waals surface area (Å²) in [6.45, 7) is 5.71. The van der Waals surface area contributed by atoms with Crippen LogP contribution in [0.1, 0.15) is 13.8 Å². The topological polar surface area (TPSA) is 39.1 Å². The van der Waals surface area contributed by atoms with Crippen LogP contribution in [0.15, 0.2) is 30.6 Å². The van der Waals surface area contributed by atoms with E-state index >= 15 is 0 Å². The van der Waals surface area contributed by atoms with E-state index in [0.717, 1.165) is 17.6 Å². The quantitative estimate of drug-likeness (QED) is 0.774. The van der Waals surface area contributed by atoms with Crippen molar-refractivity contribution in [3.05, 3.63) is 30.6 Å². The standard InChI is InChI=1S/C12H17N3O/c1-10(2)13-7-8-16-15-9-14-11-5-3-4-6-12(11)15/h3-6,9-10,13H,7-8H2,1-2H3. The fourth-order valence-corrected chi connectivity index (χ4v) is 1.53. The molecule has 86 valence electrons. The van der Waals surface area contributed by atoms with E-state index in [1.807, 2.05) is 24.3 Å². The summed E-state index contributed by atoms with van der Waals surface area (Å²) in [4.78, 5) is 9.85. The summed E-state index contributed by atoms with van der Waals surface area (Å²) < 4.78 is 1.72. The van der Waals surface area contributed by atoms with Crippen molar-refractivity contribution >= 4 is 11.0 Å². The Hall–Kier alpha value is -1.55. The summed E-state index contributed by atoms with van der Waals surface area (Å²) in [6.07, 6.45) is 1.71. The Bertz CT molecular complexity index is 450. The van der Waals surface area contributed by atoms with Crippen LogP contribution in [-0.4, -0.2) is 28.9 Å². The van der Waals surface area contributed by atoms with Crippen molar-refractivity contribution in [2.45, 2.75) is 19.9 Å². The summed E-state index contributed by atoms with van der Waals surface area (Å²) in [5, 5.41) is 3.30. The largest absolute Gasteiger partial charge is 0.411 e. The minimum atomic E-state index is 0.489. The zero-order valence-corrected chi connectivity index (χ0v) is 9.68. The van der Waals surface area contributed by atoms with Crippen LogP contribution in [0.25, 0.3) is 11.0 Å². The van der Waals surface area contributed by atoms with E-state index in [-0.39, 0.29) is 0 Å². The molecule has 0 saturated carbocycles. The maximum absolute atomic E-state index is 5.60. The number of rotatable bonds is 5. The van der Waals surface area contributed by atoms with Gasteiger partial charge in [0.25, 0.3) is 0 Å². The van der Waals surface area contributed by atoms with Crippen molar-refractivity contribution in [1.82, 2.24) is 15.0 Å². The minimum Gasteiger partial charge on any atom is -0.411 e. The van der Waals surface area contributed by atoms with Gasteiger partial charge in [-0.25, -0.2) is 4.98 Å². The van der Waals surface area contributed by atoms with Gasteiger partial charge in [0.2, 0.25) is 0 Å². The summed E-state index contributed by atoms with van der Waals surface area (Å²) >= 11 is 0. The number of fused-ring (bicyclic) bond motifs is 1. The van der Waals surface area contributed by atoms with Crippen LogP contribution in [0.3, 0.4) is 0 Å². The third kappa shape index (κ3) is 2.52. The van der Waals surface area contributed by atoms with E-state index in [0.29, 0.717) is 12.6 Å². The molecule has 0 aliphatic rings. The van der Waals surface area contributed by atoms with Crippen LogP contribution in [0.2, 0.25) is 0 Å². The molecule has 0 atom stereocenters. The Morgan fingerprint density at radius 1 is 1.38 bits per heavy atom. The van der Waals surface area contributed by atoms with E-state index in [4.69, 9.17) is 4.84 Å². The van der Waals surface area contributed by atoms with Crippen LogP contribution in [0.4, 0.5) is 0 Å². The lowest BCUT2D eigenvalue weighted by Crippen LogP contribution is -2.29. The lowest BCUT2D eigenvalue weighted by molar-refractivity contribution is 0.119. The first-order valence-electron chi connectivity index (χ1n) is 5.56. The zero-order valence-electron chi connectivity index (χ0n) is 9.68. The van der Waals surface area contributed by atoms with Gasteiger partial charge in [0, 0.05) is 12.6 Å². The van der Waals surface area contributed by atoms with Crippen molar-refractivity contribution in [2.24, 2.45) is 0 Å². The van der Waals surface area contributed by atoms with Crippen molar-refractivity contribution in [3.63, 3.8) is 0 Å². The average Bonchev–Trinajstić information content (AvgIpc) is 2.68. The molecular formula is C12H17N3O. The second kappa shape index (κ2) is 4.99. The first-order chi connectivity index (χ1) is 7.77. The number of nitrogens with one attached hydrogen (secondary N) is 1. The molecule has 1 N–H and O–H groups in total. The fourth-order valence-electron chi connectivity index (χ4n) is 1.53. The summed E-state index contributed by atoms with van der Waals surface area (Å²) in [7, 11) is 0. The molecule has 2 rings (SSSR count). The second-order valence-electron chi connectivity index (χ2n) is 4.00. The van der Waals surface area contributed by atoms with E-state index in [1.165, 1.54) is 0 Å². The SMILES string of the molecule is CC(C)NCCOn1cnc2ccccc21. The highest BCUT2D eigenvalue weighted by Gasteiger charge is 2.01. The molecule has 0 fully saturated rings. The van der Waals surface area contributed by atoms with Gasteiger partial charge in [-0.05, 0) is 12.1 Å². The summed E-state index contributed by atoms with van der Waals surface area (Å²) in [5.41, 5.74) is 1.96. The Balaban J connectivity index is 1.94. The predicted molar refractivity (Wildman–Crippen MR) is 64.3 cm³/mol. The first-order valence-corrected chi connectivity index (χ1v) is 5.56. The number of hydrogen-bond donors (Lipinski definition) is 1. The minimum absolute atomic E-state index is 0.489. The molecule has 4 nitrogen and oxygen atoms in total. The third-order valence-corrected chi connectivity index (χ3v) is 2.31. The monoisotopic (exact) mass is 219 g/mol. The molecule has 2 aromatic rings. The van der Waals surface area contributed by atoms with E-state index < -0.39 is 0 Å². The average molecular weight is 219 g/mol. The maximum Gasteiger partial charge on any atom is 0.133 e. The highest BCUT2D eigenvalue weighted by Crippen LogP contribution is 2.09. The second-order valence-corrected chi connectivity index (χ2v) is 4.00. The van der Waals surface area contributed by atoms with Gasteiger partial charge >= 0.3 is 0 Å². The van der Waals surface area contributed by atoms with Gasteiger partial charge in [-0.2, -0.15) is 4.73 Å². The van der Waals surface area contributed by atoms with Gasteiger partial charge in [0.05, 0.1) is 5.52 Å². The van der Waals surface area contributed by atoms with Gasteiger partial charge in [-0.3, -0.25) is 0 Å². The summed E-state index contributed by atoms with van der Waals surface area (Å²) in [6, 6.07) is 8.42. The van der Waals surface area contributed by atoms with E-state index in [1.54, 1.807) is 11.1 Å². The molecule has 0 spiro atoms. The van der Waals surface area contributed by atoms with Crippen molar-refractivity contribution < 1.29 is 4.84 Å². The number of hydrogen-bond acceptors (Lipinski definition) is 3. The smallest absolute Gasteiger partial charge is 0.133 e. The first kappa shape index (κ1) is 11.0. The highest BCUT2D eigenvalue weighted by atomic mass is 16.7. The van der Waals surface area contributed by atoms with E-state index in [2.05, 4.69) is 24.1 Å². The van der Waals surface area contributed by atoms with Crippen LogP contribution >= 0.6 is 0 Å². The van der Waals surface area contributed by atoms with Crippen LogP contribution in [0, 0.1) is 0 Å². The lowest BCUT2D eigenvalue weighted by atomic mass is 10.3. The maximum atomic E-state index is 5.60. The number of imidazole rings is 1.